The lowest BCUT2D eigenvalue weighted by Crippen LogP contribution is -2.13. The Labute approximate surface area is 153 Å². The summed E-state index contributed by atoms with van der Waals surface area (Å²) in [6, 6.07) is 25.8. The second-order valence-electron chi connectivity index (χ2n) is 6.35. The van der Waals surface area contributed by atoms with Crippen molar-refractivity contribution < 1.29 is 9.59 Å². The Kier molecular flexibility index (Phi) is 5.59. The average molecular weight is 343 g/mol. The van der Waals surface area contributed by atoms with Crippen LogP contribution in [0.3, 0.4) is 0 Å². The quantitative estimate of drug-likeness (QED) is 0.490. The van der Waals surface area contributed by atoms with E-state index in [0.29, 0.717) is 16.8 Å². The van der Waals surface area contributed by atoms with Crippen molar-refractivity contribution in [2.45, 2.75) is 18.8 Å². The molecule has 0 amide bonds. The number of rotatable bonds is 7. The van der Waals surface area contributed by atoms with Gasteiger partial charge in [-0.05, 0) is 23.6 Å². The van der Waals surface area contributed by atoms with Crippen LogP contribution in [0, 0.1) is 0 Å². The van der Waals surface area contributed by atoms with E-state index in [-0.39, 0.29) is 30.3 Å². The maximum absolute atomic E-state index is 12.7. The fourth-order valence-electron chi connectivity index (χ4n) is 3.01. The molecular weight excluding hydrogens is 322 g/mol. The number of carbonyl (C=O) groups is 2. The van der Waals surface area contributed by atoms with E-state index in [9.17, 15) is 9.59 Å². The molecule has 3 aromatic carbocycles. The van der Waals surface area contributed by atoms with Gasteiger partial charge < -0.3 is 5.73 Å². The third kappa shape index (κ3) is 4.45. The van der Waals surface area contributed by atoms with Crippen molar-refractivity contribution in [3.8, 4) is 0 Å². The van der Waals surface area contributed by atoms with Gasteiger partial charge >= 0.3 is 0 Å². The maximum atomic E-state index is 12.7. The third-order valence-corrected chi connectivity index (χ3v) is 4.46. The van der Waals surface area contributed by atoms with Gasteiger partial charge in [-0.3, -0.25) is 9.59 Å². The van der Waals surface area contributed by atoms with Gasteiger partial charge in [0.2, 0.25) is 0 Å². The van der Waals surface area contributed by atoms with Crippen LogP contribution in [-0.2, 0) is 0 Å². The Hall–Kier alpha value is -3.20. The van der Waals surface area contributed by atoms with Crippen molar-refractivity contribution in [2.24, 2.45) is 0 Å². The zero-order chi connectivity index (χ0) is 18.4. The molecule has 2 N–H and O–H groups in total. The molecule has 0 heterocycles. The molecule has 3 aromatic rings. The van der Waals surface area contributed by atoms with E-state index >= 15 is 0 Å². The first-order chi connectivity index (χ1) is 12.6. The van der Waals surface area contributed by atoms with Gasteiger partial charge in [-0.1, -0.05) is 72.8 Å². The number of hydrogen-bond acceptors (Lipinski definition) is 3. The largest absolute Gasteiger partial charge is 0.399 e. The molecule has 0 radical (unpaired) electrons. The van der Waals surface area contributed by atoms with E-state index in [0.717, 1.165) is 5.56 Å². The van der Waals surface area contributed by atoms with Crippen LogP contribution in [0.2, 0.25) is 0 Å². The summed E-state index contributed by atoms with van der Waals surface area (Å²) in [6.07, 6.45) is 0.568. The highest BCUT2D eigenvalue weighted by Crippen LogP contribution is 2.28. The zero-order valence-electron chi connectivity index (χ0n) is 14.5. The first-order valence-corrected chi connectivity index (χ1v) is 8.65. The number of nitrogen functional groups attached to an aromatic ring is 1. The number of benzene rings is 3. The van der Waals surface area contributed by atoms with E-state index in [4.69, 9.17) is 5.73 Å². The van der Waals surface area contributed by atoms with Crippen LogP contribution >= 0.6 is 0 Å². The molecule has 0 aliphatic rings. The summed E-state index contributed by atoms with van der Waals surface area (Å²) in [5.41, 5.74) is 8.73. The van der Waals surface area contributed by atoms with Gasteiger partial charge in [-0.15, -0.1) is 0 Å². The summed E-state index contributed by atoms with van der Waals surface area (Å²) in [6.45, 7) is 0. The minimum Gasteiger partial charge on any atom is -0.399 e. The number of hydrogen-bond donors (Lipinski definition) is 1. The first-order valence-electron chi connectivity index (χ1n) is 8.65. The molecule has 130 valence electrons. The highest BCUT2D eigenvalue weighted by molar-refractivity contribution is 5.99. The normalized spacial score (nSPS) is 10.7. The predicted molar refractivity (Wildman–Crippen MR) is 104 cm³/mol. The number of Topliss-reactive ketones (excluding diaryl/α,β-unsaturated/α-hetero) is 2. The summed E-state index contributed by atoms with van der Waals surface area (Å²) in [5.74, 6) is -0.113. The molecule has 0 unspecified atom stereocenters. The lowest BCUT2D eigenvalue weighted by molar-refractivity contribution is 0.0944. The molecule has 0 aliphatic heterocycles. The van der Waals surface area contributed by atoms with Gasteiger partial charge in [-0.25, -0.2) is 0 Å². The Balaban J connectivity index is 1.83. The number of carbonyl (C=O) groups excluding carboxylic acids is 2. The fraction of sp³-hybridized carbons (Fsp3) is 0.130. The molecule has 0 fully saturated rings. The number of nitrogens with two attached hydrogens (primary N) is 1. The van der Waals surface area contributed by atoms with E-state index in [1.165, 1.54) is 0 Å². The minimum absolute atomic E-state index is 0.0355. The average Bonchev–Trinajstić information content (AvgIpc) is 2.69. The van der Waals surface area contributed by atoms with E-state index in [1.54, 1.807) is 24.3 Å². The smallest absolute Gasteiger partial charge is 0.163 e. The van der Waals surface area contributed by atoms with Crippen molar-refractivity contribution in [1.82, 2.24) is 0 Å². The van der Waals surface area contributed by atoms with Gasteiger partial charge in [0.15, 0.2) is 11.6 Å². The summed E-state index contributed by atoms with van der Waals surface area (Å²) in [4.78, 5) is 25.4. The van der Waals surface area contributed by atoms with Crippen molar-refractivity contribution in [3.05, 3.63) is 102 Å². The first kappa shape index (κ1) is 17.6. The van der Waals surface area contributed by atoms with Crippen LogP contribution in [0.25, 0.3) is 0 Å². The highest BCUT2D eigenvalue weighted by Gasteiger charge is 2.21. The van der Waals surface area contributed by atoms with Crippen LogP contribution in [0.1, 0.15) is 45.0 Å². The van der Waals surface area contributed by atoms with Crippen LogP contribution in [0.15, 0.2) is 84.9 Å². The molecule has 26 heavy (non-hydrogen) atoms. The summed E-state index contributed by atoms with van der Waals surface area (Å²) >= 11 is 0. The van der Waals surface area contributed by atoms with Crippen molar-refractivity contribution in [1.29, 1.82) is 0 Å². The Morgan fingerprint density at radius 3 is 1.50 bits per heavy atom. The SMILES string of the molecule is Nc1ccc(C(CC(=O)c2ccccc2)CC(=O)c2ccccc2)cc1. The van der Waals surface area contributed by atoms with E-state index in [2.05, 4.69) is 0 Å². The fourth-order valence-corrected chi connectivity index (χ4v) is 3.01. The molecule has 3 nitrogen and oxygen atoms in total. The third-order valence-electron chi connectivity index (χ3n) is 4.46. The molecule has 0 aromatic heterocycles. The molecular formula is C23H21NO2. The Bertz CT molecular complexity index is 818. The zero-order valence-corrected chi connectivity index (χ0v) is 14.5. The van der Waals surface area contributed by atoms with Gasteiger partial charge in [0.25, 0.3) is 0 Å². The van der Waals surface area contributed by atoms with E-state index < -0.39 is 0 Å². The van der Waals surface area contributed by atoms with Crippen molar-refractivity contribution >= 4 is 17.3 Å². The molecule has 0 atom stereocenters. The topological polar surface area (TPSA) is 60.2 Å². The number of ketones is 2. The Morgan fingerprint density at radius 1 is 0.654 bits per heavy atom. The lowest BCUT2D eigenvalue weighted by atomic mass is 9.86. The minimum atomic E-state index is -0.184. The van der Waals surface area contributed by atoms with Gasteiger partial charge in [0.1, 0.15) is 0 Å². The summed E-state index contributed by atoms with van der Waals surface area (Å²) in [7, 11) is 0. The lowest BCUT2D eigenvalue weighted by Gasteiger charge is -2.17. The maximum Gasteiger partial charge on any atom is 0.163 e. The van der Waals surface area contributed by atoms with Crippen LogP contribution < -0.4 is 5.73 Å². The standard InChI is InChI=1S/C23H21NO2/c24-21-13-11-17(12-14-21)20(15-22(25)18-7-3-1-4-8-18)16-23(26)19-9-5-2-6-10-19/h1-14,20H,15-16,24H2. The van der Waals surface area contributed by atoms with E-state index in [1.807, 2.05) is 60.7 Å². The van der Waals surface area contributed by atoms with Crippen molar-refractivity contribution in [3.63, 3.8) is 0 Å². The summed E-state index contributed by atoms with van der Waals surface area (Å²) < 4.78 is 0. The highest BCUT2D eigenvalue weighted by atomic mass is 16.1. The van der Waals surface area contributed by atoms with Gasteiger partial charge in [0, 0.05) is 29.7 Å². The molecule has 0 aliphatic carbocycles. The van der Waals surface area contributed by atoms with Gasteiger partial charge in [-0.2, -0.15) is 0 Å². The second kappa shape index (κ2) is 8.26. The molecule has 3 heteroatoms. The van der Waals surface area contributed by atoms with Gasteiger partial charge in [0.05, 0.1) is 0 Å². The van der Waals surface area contributed by atoms with Crippen molar-refractivity contribution in [2.75, 3.05) is 5.73 Å². The monoisotopic (exact) mass is 343 g/mol. The predicted octanol–water partition coefficient (Wildman–Crippen LogP) is 4.90. The molecule has 0 spiro atoms. The second-order valence-corrected chi connectivity index (χ2v) is 6.35. The molecule has 0 saturated heterocycles. The Morgan fingerprint density at radius 2 is 1.08 bits per heavy atom. The summed E-state index contributed by atoms with van der Waals surface area (Å²) in [5, 5.41) is 0. The van der Waals surface area contributed by atoms with Crippen LogP contribution in [0.5, 0.6) is 0 Å². The van der Waals surface area contributed by atoms with Crippen LogP contribution in [0.4, 0.5) is 5.69 Å². The molecule has 0 bridgehead atoms. The number of anilines is 1. The molecule has 3 rings (SSSR count). The van der Waals surface area contributed by atoms with Crippen LogP contribution in [-0.4, -0.2) is 11.6 Å². The molecule has 0 saturated carbocycles.